The zero-order chi connectivity index (χ0) is 16.4. The molecule has 4 heteroatoms. The van der Waals surface area contributed by atoms with E-state index in [4.69, 9.17) is 10.8 Å². The molecule has 0 spiro atoms. The highest BCUT2D eigenvalue weighted by Crippen LogP contribution is 2.23. The van der Waals surface area contributed by atoms with Crippen LogP contribution in [-0.2, 0) is 17.8 Å². The highest BCUT2D eigenvalue weighted by Gasteiger charge is 2.16. The minimum Gasteiger partial charge on any atom is -0.480 e. The van der Waals surface area contributed by atoms with Gasteiger partial charge in [-0.05, 0) is 24.1 Å². The summed E-state index contributed by atoms with van der Waals surface area (Å²) in [4.78, 5) is 11.0. The molecule has 23 heavy (non-hydrogen) atoms. The van der Waals surface area contributed by atoms with Gasteiger partial charge >= 0.3 is 5.97 Å². The molecule has 1 heterocycles. The Morgan fingerprint density at radius 1 is 1.22 bits per heavy atom. The molecule has 118 valence electrons. The van der Waals surface area contributed by atoms with Crippen molar-refractivity contribution in [2.45, 2.75) is 25.9 Å². The number of nitrogens with zero attached hydrogens (tertiary/aromatic N) is 1. The van der Waals surface area contributed by atoms with Gasteiger partial charge in [-0.3, -0.25) is 4.79 Å². The van der Waals surface area contributed by atoms with Crippen molar-refractivity contribution in [3.63, 3.8) is 0 Å². The molecule has 0 saturated carbocycles. The third-order valence-electron chi connectivity index (χ3n) is 4.06. The molecule has 3 N–H and O–H groups in total. The monoisotopic (exact) mass is 308 g/mol. The van der Waals surface area contributed by atoms with E-state index in [9.17, 15) is 4.79 Å². The maximum absolute atomic E-state index is 11.0. The lowest BCUT2D eigenvalue weighted by Crippen LogP contribution is -2.32. The second kappa shape index (κ2) is 6.26. The molecule has 1 atom stereocenters. The van der Waals surface area contributed by atoms with Gasteiger partial charge in [0.05, 0.1) is 0 Å². The van der Waals surface area contributed by atoms with E-state index in [2.05, 4.69) is 41.8 Å². The second-order valence-electron chi connectivity index (χ2n) is 5.94. The molecule has 0 aliphatic rings. The molecule has 4 nitrogen and oxygen atoms in total. The van der Waals surface area contributed by atoms with Crippen LogP contribution in [0.4, 0.5) is 0 Å². The van der Waals surface area contributed by atoms with Crippen LogP contribution < -0.4 is 5.73 Å². The summed E-state index contributed by atoms with van der Waals surface area (Å²) in [6.07, 6.45) is 2.35. The third kappa shape index (κ3) is 3.27. The molecule has 2 aromatic carbocycles. The summed E-state index contributed by atoms with van der Waals surface area (Å²) in [7, 11) is 0. The Kier molecular flexibility index (Phi) is 4.17. The van der Waals surface area contributed by atoms with Gasteiger partial charge in [0.1, 0.15) is 6.04 Å². The van der Waals surface area contributed by atoms with Crippen LogP contribution in [0.3, 0.4) is 0 Å². The van der Waals surface area contributed by atoms with Gasteiger partial charge < -0.3 is 15.4 Å². The molecule has 3 aromatic rings. The van der Waals surface area contributed by atoms with E-state index in [0.29, 0.717) is 6.42 Å². The van der Waals surface area contributed by atoms with Crippen LogP contribution in [0.15, 0.2) is 54.7 Å². The van der Waals surface area contributed by atoms with Gasteiger partial charge in [-0.1, -0.05) is 48.0 Å². The number of hydrogen-bond acceptors (Lipinski definition) is 2. The standard InChI is InChI=1S/C19H20N2O2/c1-13-5-4-6-14(9-13)11-21-12-15(10-17(20)19(22)23)16-7-2-3-8-18(16)21/h2-9,12,17H,10-11,20H2,1H3,(H,22,23)/t17-/m0/s1. The van der Waals surface area contributed by atoms with Gasteiger partial charge in [-0.25, -0.2) is 0 Å². The van der Waals surface area contributed by atoms with Crippen LogP contribution in [0.1, 0.15) is 16.7 Å². The predicted octanol–water partition coefficient (Wildman–Crippen LogP) is 2.95. The number of fused-ring (bicyclic) bond motifs is 1. The molecule has 0 amide bonds. The number of rotatable bonds is 5. The number of aromatic nitrogens is 1. The van der Waals surface area contributed by atoms with Crippen LogP contribution in [-0.4, -0.2) is 21.7 Å². The van der Waals surface area contributed by atoms with Crippen molar-refractivity contribution in [3.8, 4) is 0 Å². The summed E-state index contributed by atoms with van der Waals surface area (Å²) in [5.74, 6) is -0.972. The Morgan fingerprint density at radius 3 is 2.74 bits per heavy atom. The smallest absolute Gasteiger partial charge is 0.320 e. The number of carboxylic acid groups (broad SMARTS) is 1. The number of hydrogen-bond donors (Lipinski definition) is 2. The molecule has 0 fully saturated rings. The van der Waals surface area contributed by atoms with Crippen molar-refractivity contribution < 1.29 is 9.90 Å². The van der Waals surface area contributed by atoms with Gasteiger partial charge in [0, 0.05) is 30.1 Å². The fraction of sp³-hybridized carbons (Fsp3) is 0.211. The maximum Gasteiger partial charge on any atom is 0.320 e. The van der Waals surface area contributed by atoms with Crippen LogP contribution in [0, 0.1) is 6.92 Å². The first kappa shape index (κ1) is 15.3. The molecule has 0 unspecified atom stereocenters. The highest BCUT2D eigenvalue weighted by molar-refractivity contribution is 5.85. The van der Waals surface area contributed by atoms with Crippen molar-refractivity contribution in [2.24, 2.45) is 5.73 Å². The minimum atomic E-state index is -0.972. The van der Waals surface area contributed by atoms with E-state index >= 15 is 0 Å². The zero-order valence-corrected chi connectivity index (χ0v) is 13.1. The Balaban J connectivity index is 1.99. The molecule has 0 radical (unpaired) electrons. The maximum atomic E-state index is 11.0. The lowest BCUT2D eigenvalue weighted by Gasteiger charge is -2.06. The van der Waals surface area contributed by atoms with Crippen LogP contribution in [0.25, 0.3) is 10.9 Å². The first-order valence-electron chi connectivity index (χ1n) is 7.65. The number of aryl methyl sites for hydroxylation is 1. The number of carbonyl (C=O) groups is 1. The van der Waals surface area contributed by atoms with E-state index in [1.807, 2.05) is 24.4 Å². The van der Waals surface area contributed by atoms with E-state index in [1.54, 1.807) is 0 Å². The van der Waals surface area contributed by atoms with Crippen LogP contribution >= 0.6 is 0 Å². The molecule has 0 saturated heterocycles. The number of para-hydroxylation sites is 1. The Morgan fingerprint density at radius 2 is 2.00 bits per heavy atom. The van der Waals surface area contributed by atoms with E-state index in [-0.39, 0.29) is 0 Å². The van der Waals surface area contributed by atoms with Crippen molar-refractivity contribution in [1.82, 2.24) is 4.57 Å². The number of carboxylic acids is 1. The zero-order valence-electron chi connectivity index (χ0n) is 13.1. The van der Waals surface area contributed by atoms with Gasteiger partial charge in [0.15, 0.2) is 0 Å². The van der Waals surface area contributed by atoms with Crippen LogP contribution in [0.2, 0.25) is 0 Å². The van der Waals surface area contributed by atoms with E-state index in [0.717, 1.165) is 23.0 Å². The number of nitrogens with two attached hydrogens (primary N) is 1. The fourth-order valence-electron chi connectivity index (χ4n) is 2.95. The topological polar surface area (TPSA) is 68.2 Å². The summed E-state index contributed by atoms with van der Waals surface area (Å²) in [6.45, 7) is 2.83. The largest absolute Gasteiger partial charge is 0.480 e. The lowest BCUT2D eigenvalue weighted by molar-refractivity contribution is -0.138. The Labute approximate surface area is 135 Å². The van der Waals surface area contributed by atoms with Crippen molar-refractivity contribution in [2.75, 3.05) is 0 Å². The number of benzene rings is 2. The molecule has 0 bridgehead atoms. The number of aliphatic carboxylic acids is 1. The first-order valence-corrected chi connectivity index (χ1v) is 7.65. The third-order valence-corrected chi connectivity index (χ3v) is 4.06. The lowest BCUT2D eigenvalue weighted by atomic mass is 10.1. The summed E-state index contributed by atoms with van der Waals surface area (Å²) in [5, 5.41) is 10.1. The second-order valence-corrected chi connectivity index (χ2v) is 5.94. The molecular formula is C19H20N2O2. The van der Waals surface area contributed by atoms with Gasteiger partial charge in [-0.15, -0.1) is 0 Å². The van der Waals surface area contributed by atoms with Gasteiger partial charge in [0.2, 0.25) is 0 Å². The normalized spacial score (nSPS) is 12.4. The molecule has 3 rings (SSSR count). The molecule has 0 aliphatic heterocycles. The predicted molar refractivity (Wildman–Crippen MR) is 91.5 cm³/mol. The first-order chi connectivity index (χ1) is 11.0. The Hall–Kier alpha value is -2.59. The van der Waals surface area contributed by atoms with Crippen molar-refractivity contribution in [1.29, 1.82) is 0 Å². The Bertz CT molecular complexity index is 851. The van der Waals surface area contributed by atoms with E-state index in [1.165, 1.54) is 11.1 Å². The highest BCUT2D eigenvalue weighted by atomic mass is 16.4. The summed E-state index contributed by atoms with van der Waals surface area (Å²) >= 11 is 0. The summed E-state index contributed by atoms with van der Waals surface area (Å²) in [5.41, 5.74) is 10.2. The SMILES string of the molecule is Cc1cccc(Cn2cc(C[C@H](N)C(=O)O)c3ccccc32)c1. The van der Waals surface area contributed by atoms with Crippen molar-refractivity contribution >= 4 is 16.9 Å². The molecule has 0 aliphatic carbocycles. The summed E-state index contributed by atoms with van der Waals surface area (Å²) in [6, 6.07) is 15.6. The molecule has 1 aromatic heterocycles. The quantitative estimate of drug-likeness (QED) is 0.761. The average Bonchev–Trinajstić information content (AvgIpc) is 2.85. The average molecular weight is 308 g/mol. The van der Waals surface area contributed by atoms with Crippen molar-refractivity contribution in [3.05, 3.63) is 71.4 Å². The van der Waals surface area contributed by atoms with Gasteiger partial charge in [0.25, 0.3) is 0 Å². The summed E-state index contributed by atoms with van der Waals surface area (Å²) < 4.78 is 2.16. The molecular weight excluding hydrogens is 288 g/mol. The minimum absolute atomic E-state index is 0.330. The van der Waals surface area contributed by atoms with E-state index < -0.39 is 12.0 Å². The van der Waals surface area contributed by atoms with Gasteiger partial charge in [-0.2, -0.15) is 0 Å². The fourth-order valence-corrected chi connectivity index (χ4v) is 2.95. The van der Waals surface area contributed by atoms with Crippen LogP contribution in [0.5, 0.6) is 0 Å².